The zero-order chi connectivity index (χ0) is 18.2. The molecule has 2 aromatic carbocycles. The van der Waals surface area contributed by atoms with Gasteiger partial charge in [0.05, 0.1) is 25.3 Å². The Morgan fingerprint density at radius 1 is 1.00 bits per heavy atom. The summed E-state index contributed by atoms with van der Waals surface area (Å²) in [6.45, 7) is 5.21. The summed E-state index contributed by atoms with van der Waals surface area (Å²) in [7, 11) is 1.59. The van der Waals surface area contributed by atoms with E-state index < -0.39 is 0 Å². The summed E-state index contributed by atoms with van der Waals surface area (Å²) in [6, 6.07) is 10.5. The van der Waals surface area contributed by atoms with Crippen molar-refractivity contribution < 1.29 is 19.0 Å². The Balaban J connectivity index is 2.04. The zero-order valence-corrected chi connectivity index (χ0v) is 15.4. The fourth-order valence-electron chi connectivity index (χ4n) is 2.30. The van der Waals surface area contributed by atoms with Crippen LogP contribution in [0.25, 0.3) is 0 Å². The fourth-order valence-corrected chi connectivity index (χ4v) is 2.53. The molecular formula is C19H22ClNO4. The van der Waals surface area contributed by atoms with Crippen molar-refractivity contribution in [1.82, 2.24) is 5.32 Å². The molecule has 0 aromatic heterocycles. The van der Waals surface area contributed by atoms with Crippen LogP contribution in [0.5, 0.6) is 17.2 Å². The van der Waals surface area contributed by atoms with Crippen molar-refractivity contribution in [3.63, 3.8) is 0 Å². The van der Waals surface area contributed by atoms with Crippen molar-refractivity contribution in [1.29, 1.82) is 0 Å². The van der Waals surface area contributed by atoms with Crippen LogP contribution in [0.2, 0.25) is 5.02 Å². The molecule has 1 N–H and O–H groups in total. The predicted molar refractivity (Wildman–Crippen MR) is 98.0 cm³/mol. The molecule has 5 nitrogen and oxygen atoms in total. The number of methoxy groups -OCH3 is 1. The van der Waals surface area contributed by atoms with E-state index in [1.807, 2.05) is 32.0 Å². The molecule has 0 aliphatic carbocycles. The van der Waals surface area contributed by atoms with Crippen molar-refractivity contribution in [2.75, 3.05) is 20.3 Å². The Kier molecular flexibility index (Phi) is 6.95. The largest absolute Gasteiger partial charge is 0.493 e. The number of halogens is 1. The maximum atomic E-state index is 12.3. The lowest BCUT2D eigenvalue weighted by atomic mass is 10.1. The summed E-state index contributed by atoms with van der Waals surface area (Å²) in [5, 5.41) is 3.28. The molecule has 1 amide bonds. The van der Waals surface area contributed by atoms with Crippen molar-refractivity contribution in [3.8, 4) is 17.2 Å². The second-order valence-electron chi connectivity index (χ2n) is 5.18. The first-order valence-electron chi connectivity index (χ1n) is 8.09. The number of carbonyl (C=O) groups is 1. The van der Waals surface area contributed by atoms with E-state index in [0.717, 1.165) is 5.56 Å². The number of rotatable bonds is 8. The molecule has 134 valence electrons. The third-order valence-corrected chi connectivity index (χ3v) is 3.77. The first-order valence-corrected chi connectivity index (χ1v) is 8.47. The van der Waals surface area contributed by atoms with E-state index in [0.29, 0.717) is 47.6 Å². The first-order chi connectivity index (χ1) is 12.1. The molecule has 0 saturated heterocycles. The number of nitrogens with one attached hydrogen (secondary N) is 1. The van der Waals surface area contributed by atoms with Gasteiger partial charge in [-0.2, -0.15) is 0 Å². The molecule has 0 spiro atoms. The molecule has 0 heterocycles. The molecule has 0 unspecified atom stereocenters. The van der Waals surface area contributed by atoms with E-state index in [1.54, 1.807) is 25.3 Å². The zero-order valence-electron chi connectivity index (χ0n) is 14.6. The Hall–Kier alpha value is -2.40. The van der Waals surface area contributed by atoms with Crippen LogP contribution in [0.15, 0.2) is 36.4 Å². The van der Waals surface area contributed by atoms with Gasteiger partial charge in [0.15, 0.2) is 11.5 Å². The van der Waals surface area contributed by atoms with Crippen LogP contribution in [0.1, 0.15) is 29.8 Å². The highest BCUT2D eigenvalue weighted by Crippen LogP contribution is 2.28. The lowest BCUT2D eigenvalue weighted by Crippen LogP contribution is -2.22. The summed E-state index contributed by atoms with van der Waals surface area (Å²) in [5.41, 5.74) is 1.39. The van der Waals surface area contributed by atoms with Gasteiger partial charge >= 0.3 is 0 Å². The molecule has 2 aromatic rings. The molecule has 0 aliphatic rings. The molecule has 0 radical (unpaired) electrons. The lowest BCUT2D eigenvalue weighted by Gasteiger charge is -2.12. The first kappa shape index (κ1) is 18.9. The normalized spacial score (nSPS) is 10.2. The Morgan fingerprint density at radius 3 is 2.32 bits per heavy atom. The summed E-state index contributed by atoms with van der Waals surface area (Å²) >= 11 is 6.12. The SMILES string of the molecule is CCOc1ccc(C(=O)NCc2ccc(OC)c(OCC)c2)cc1Cl. The fraction of sp³-hybridized carbons (Fsp3) is 0.316. The molecule has 0 saturated carbocycles. The van der Waals surface area contributed by atoms with E-state index in [-0.39, 0.29) is 5.91 Å². The number of carbonyl (C=O) groups excluding carboxylic acids is 1. The van der Waals surface area contributed by atoms with Crippen molar-refractivity contribution >= 4 is 17.5 Å². The highest BCUT2D eigenvalue weighted by molar-refractivity contribution is 6.32. The molecule has 0 aliphatic heterocycles. The third kappa shape index (κ3) is 5.03. The quantitative estimate of drug-likeness (QED) is 0.767. The minimum atomic E-state index is -0.210. The molecule has 6 heteroatoms. The highest BCUT2D eigenvalue weighted by Gasteiger charge is 2.10. The Labute approximate surface area is 152 Å². The monoisotopic (exact) mass is 363 g/mol. The number of hydrogen-bond acceptors (Lipinski definition) is 4. The molecular weight excluding hydrogens is 342 g/mol. The van der Waals surface area contributed by atoms with E-state index in [9.17, 15) is 4.79 Å². The van der Waals surface area contributed by atoms with E-state index in [4.69, 9.17) is 25.8 Å². The molecule has 0 fully saturated rings. The molecule has 0 atom stereocenters. The van der Waals surface area contributed by atoms with Crippen LogP contribution in [-0.4, -0.2) is 26.2 Å². The highest BCUT2D eigenvalue weighted by atomic mass is 35.5. The van der Waals surface area contributed by atoms with Crippen LogP contribution in [0, 0.1) is 0 Å². The van der Waals surface area contributed by atoms with Crippen molar-refractivity contribution in [2.45, 2.75) is 20.4 Å². The van der Waals surface area contributed by atoms with E-state index in [1.165, 1.54) is 0 Å². The minimum Gasteiger partial charge on any atom is -0.493 e. The number of amides is 1. The average molecular weight is 364 g/mol. The second kappa shape index (κ2) is 9.18. The Morgan fingerprint density at radius 2 is 1.68 bits per heavy atom. The second-order valence-corrected chi connectivity index (χ2v) is 5.59. The molecule has 2 rings (SSSR count). The maximum absolute atomic E-state index is 12.3. The number of hydrogen-bond donors (Lipinski definition) is 1. The Bertz CT molecular complexity index is 733. The summed E-state index contributed by atoms with van der Waals surface area (Å²) in [6.07, 6.45) is 0. The van der Waals surface area contributed by atoms with Gasteiger partial charge in [-0.15, -0.1) is 0 Å². The van der Waals surface area contributed by atoms with Gasteiger partial charge in [0.1, 0.15) is 5.75 Å². The van der Waals surface area contributed by atoms with Gasteiger partial charge in [0, 0.05) is 12.1 Å². The van der Waals surface area contributed by atoms with Crippen LogP contribution >= 0.6 is 11.6 Å². The van der Waals surface area contributed by atoms with Gasteiger partial charge in [-0.1, -0.05) is 17.7 Å². The summed E-state index contributed by atoms with van der Waals surface area (Å²) < 4.78 is 16.2. The summed E-state index contributed by atoms with van der Waals surface area (Å²) in [4.78, 5) is 12.3. The van der Waals surface area contributed by atoms with Gasteiger partial charge in [0.2, 0.25) is 0 Å². The van der Waals surface area contributed by atoms with Crippen molar-refractivity contribution in [2.24, 2.45) is 0 Å². The predicted octanol–water partition coefficient (Wildman–Crippen LogP) is 4.08. The van der Waals surface area contributed by atoms with Gasteiger partial charge in [0.25, 0.3) is 5.91 Å². The van der Waals surface area contributed by atoms with Crippen molar-refractivity contribution in [3.05, 3.63) is 52.5 Å². The third-order valence-electron chi connectivity index (χ3n) is 3.47. The standard InChI is InChI=1S/C19H22ClNO4/c1-4-24-16-9-7-14(11-15(16)20)19(22)21-12-13-6-8-17(23-3)18(10-13)25-5-2/h6-11H,4-5,12H2,1-3H3,(H,21,22). The van der Waals surface area contributed by atoms with Gasteiger partial charge in [-0.3, -0.25) is 4.79 Å². The van der Waals surface area contributed by atoms with Gasteiger partial charge in [-0.05, 0) is 49.7 Å². The maximum Gasteiger partial charge on any atom is 0.251 e. The summed E-state index contributed by atoms with van der Waals surface area (Å²) in [5.74, 6) is 1.67. The number of ether oxygens (including phenoxy) is 3. The topological polar surface area (TPSA) is 56.8 Å². The van der Waals surface area contributed by atoms with E-state index >= 15 is 0 Å². The molecule has 25 heavy (non-hydrogen) atoms. The van der Waals surface area contributed by atoms with Gasteiger partial charge < -0.3 is 19.5 Å². The minimum absolute atomic E-state index is 0.210. The van der Waals surface area contributed by atoms with Gasteiger partial charge in [-0.25, -0.2) is 0 Å². The van der Waals surface area contributed by atoms with Crippen LogP contribution < -0.4 is 19.5 Å². The van der Waals surface area contributed by atoms with Crippen LogP contribution in [-0.2, 0) is 6.54 Å². The number of benzene rings is 2. The smallest absolute Gasteiger partial charge is 0.251 e. The van der Waals surface area contributed by atoms with Crippen LogP contribution in [0.4, 0.5) is 0 Å². The average Bonchev–Trinajstić information content (AvgIpc) is 2.62. The lowest BCUT2D eigenvalue weighted by molar-refractivity contribution is 0.0951. The van der Waals surface area contributed by atoms with Crippen LogP contribution in [0.3, 0.4) is 0 Å². The molecule has 0 bridgehead atoms. The van der Waals surface area contributed by atoms with E-state index in [2.05, 4.69) is 5.32 Å².